The molecule has 3 rings (SSSR count). The molecule has 2 heterocycles. The maximum absolute atomic E-state index is 12.0. The molecule has 0 spiro atoms. The lowest BCUT2D eigenvalue weighted by Crippen LogP contribution is -2.34. The second-order valence-corrected chi connectivity index (χ2v) is 6.71. The van der Waals surface area contributed by atoms with Gasteiger partial charge in [-0.05, 0) is 29.3 Å². The van der Waals surface area contributed by atoms with Crippen LogP contribution in [0.5, 0.6) is 0 Å². The summed E-state index contributed by atoms with van der Waals surface area (Å²) in [6, 6.07) is 11.8. The molecule has 146 valence electrons. The number of anilines is 1. The van der Waals surface area contributed by atoms with Gasteiger partial charge in [-0.2, -0.15) is 0 Å². The Morgan fingerprint density at radius 1 is 1.14 bits per heavy atom. The van der Waals surface area contributed by atoms with E-state index in [1.165, 1.54) is 11.3 Å². The summed E-state index contributed by atoms with van der Waals surface area (Å²) < 4.78 is 0. The molecule has 5 N–H and O–H groups in total. The SMILES string of the molecule is N=CC(=CN)C(=O)NCC(=O)Nc1nc(-c2cccc(-c3ccncc3)c2)cs1. The first-order chi connectivity index (χ1) is 14.1. The molecule has 0 saturated heterocycles. The van der Waals surface area contributed by atoms with E-state index in [4.69, 9.17) is 11.1 Å². The molecule has 1 aromatic carbocycles. The van der Waals surface area contributed by atoms with Gasteiger partial charge in [0.25, 0.3) is 5.91 Å². The highest BCUT2D eigenvalue weighted by molar-refractivity contribution is 7.14. The number of nitrogens with two attached hydrogens (primary N) is 1. The first kappa shape index (κ1) is 19.9. The van der Waals surface area contributed by atoms with Gasteiger partial charge in [-0.25, -0.2) is 4.98 Å². The minimum absolute atomic E-state index is 0.0246. The number of hydrogen-bond acceptors (Lipinski definition) is 7. The summed E-state index contributed by atoms with van der Waals surface area (Å²) in [6.07, 6.45) is 5.31. The summed E-state index contributed by atoms with van der Waals surface area (Å²) in [4.78, 5) is 32.2. The number of carbonyl (C=O) groups is 2. The van der Waals surface area contributed by atoms with Crippen molar-refractivity contribution in [3.8, 4) is 22.4 Å². The van der Waals surface area contributed by atoms with Crippen LogP contribution in [0.4, 0.5) is 5.13 Å². The average Bonchev–Trinajstić information content (AvgIpc) is 3.22. The van der Waals surface area contributed by atoms with Crippen LogP contribution in [0.25, 0.3) is 22.4 Å². The number of pyridine rings is 1. The molecule has 0 atom stereocenters. The molecule has 0 aliphatic rings. The maximum Gasteiger partial charge on any atom is 0.254 e. The normalized spacial score (nSPS) is 11.0. The van der Waals surface area contributed by atoms with E-state index in [1.54, 1.807) is 12.4 Å². The van der Waals surface area contributed by atoms with Crippen molar-refractivity contribution in [2.75, 3.05) is 11.9 Å². The van der Waals surface area contributed by atoms with Crippen molar-refractivity contribution < 1.29 is 9.59 Å². The molecule has 0 aliphatic carbocycles. The predicted octanol–water partition coefficient (Wildman–Crippen LogP) is 2.42. The van der Waals surface area contributed by atoms with Crippen LogP contribution in [0, 0.1) is 5.41 Å². The van der Waals surface area contributed by atoms with Gasteiger partial charge >= 0.3 is 0 Å². The highest BCUT2D eigenvalue weighted by Crippen LogP contribution is 2.28. The van der Waals surface area contributed by atoms with Crippen molar-refractivity contribution in [3.05, 3.63) is 65.9 Å². The summed E-state index contributed by atoms with van der Waals surface area (Å²) in [5.41, 5.74) is 8.97. The van der Waals surface area contributed by atoms with Gasteiger partial charge < -0.3 is 21.8 Å². The van der Waals surface area contributed by atoms with E-state index in [2.05, 4.69) is 20.6 Å². The number of nitrogens with zero attached hydrogens (tertiary/aromatic N) is 2. The maximum atomic E-state index is 12.0. The Morgan fingerprint density at radius 2 is 1.90 bits per heavy atom. The molecule has 0 unspecified atom stereocenters. The van der Waals surface area contributed by atoms with Crippen molar-refractivity contribution in [1.82, 2.24) is 15.3 Å². The van der Waals surface area contributed by atoms with Gasteiger partial charge in [-0.3, -0.25) is 14.6 Å². The van der Waals surface area contributed by atoms with Crippen LogP contribution in [0.3, 0.4) is 0 Å². The topological polar surface area (TPSA) is 134 Å². The molecule has 0 fully saturated rings. The van der Waals surface area contributed by atoms with Crippen LogP contribution in [0.15, 0.2) is 65.9 Å². The third kappa shape index (κ3) is 5.11. The van der Waals surface area contributed by atoms with E-state index in [1.807, 2.05) is 41.8 Å². The quantitative estimate of drug-likeness (QED) is 0.353. The fourth-order valence-electron chi connectivity index (χ4n) is 2.48. The zero-order chi connectivity index (χ0) is 20.6. The Morgan fingerprint density at radius 3 is 2.62 bits per heavy atom. The van der Waals surface area contributed by atoms with Gasteiger partial charge in [0.05, 0.1) is 17.8 Å². The monoisotopic (exact) mass is 406 g/mol. The molecular weight excluding hydrogens is 388 g/mol. The van der Waals surface area contributed by atoms with Crippen molar-refractivity contribution in [3.63, 3.8) is 0 Å². The largest absolute Gasteiger partial charge is 0.404 e. The molecule has 0 bridgehead atoms. The Balaban J connectivity index is 1.65. The van der Waals surface area contributed by atoms with E-state index in [0.717, 1.165) is 34.8 Å². The van der Waals surface area contributed by atoms with E-state index < -0.39 is 11.8 Å². The zero-order valence-electron chi connectivity index (χ0n) is 15.3. The number of nitrogens with one attached hydrogen (secondary N) is 3. The Hall–Kier alpha value is -3.85. The Bertz CT molecular complexity index is 1060. The fourth-order valence-corrected chi connectivity index (χ4v) is 3.22. The smallest absolute Gasteiger partial charge is 0.254 e. The molecule has 8 nitrogen and oxygen atoms in total. The minimum Gasteiger partial charge on any atom is -0.404 e. The Kier molecular flexibility index (Phi) is 6.43. The van der Waals surface area contributed by atoms with Gasteiger partial charge in [0.15, 0.2) is 5.13 Å². The number of carbonyl (C=O) groups excluding carboxylic acids is 2. The lowest BCUT2D eigenvalue weighted by molar-refractivity contribution is -0.121. The molecule has 29 heavy (non-hydrogen) atoms. The summed E-state index contributed by atoms with van der Waals surface area (Å²) in [5, 5.41) is 14.4. The van der Waals surface area contributed by atoms with Gasteiger partial charge in [-0.1, -0.05) is 18.2 Å². The third-order valence-electron chi connectivity index (χ3n) is 3.93. The van der Waals surface area contributed by atoms with E-state index >= 15 is 0 Å². The highest BCUT2D eigenvalue weighted by atomic mass is 32.1. The molecule has 2 amide bonds. The average molecular weight is 406 g/mol. The molecular formula is C20H18N6O2S. The van der Waals surface area contributed by atoms with Crippen LogP contribution in [0.2, 0.25) is 0 Å². The van der Waals surface area contributed by atoms with Gasteiger partial charge in [0.2, 0.25) is 5.91 Å². The number of amides is 2. The molecule has 0 aliphatic heterocycles. The number of benzene rings is 1. The Labute approximate surface area is 171 Å². The van der Waals surface area contributed by atoms with Gasteiger partial charge in [0, 0.05) is 35.8 Å². The van der Waals surface area contributed by atoms with Gasteiger partial charge in [-0.15, -0.1) is 11.3 Å². The van der Waals surface area contributed by atoms with E-state index in [0.29, 0.717) is 5.13 Å². The van der Waals surface area contributed by atoms with Crippen LogP contribution < -0.4 is 16.4 Å². The summed E-state index contributed by atoms with van der Waals surface area (Å²) in [6.45, 7) is -0.254. The highest BCUT2D eigenvalue weighted by Gasteiger charge is 2.11. The standard InChI is InChI=1S/C20H18N6O2S/c21-9-16(10-22)19(28)24-11-18(27)26-20-25-17(12-29-20)15-3-1-2-14(8-15)13-4-6-23-7-5-13/h1-10,12,21H,11,22H2,(H,24,28)(H,25,26,27). The van der Waals surface area contributed by atoms with Crippen molar-refractivity contribution in [2.24, 2.45) is 5.73 Å². The van der Waals surface area contributed by atoms with Gasteiger partial charge in [0.1, 0.15) is 0 Å². The molecule has 3 aromatic rings. The van der Waals surface area contributed by atoms with Crippen molar-refractivity contribution >= 4 is 34.5 Å². The third-order valence-corrected chi connectivity index (χ3v) is 4.69. The molecule has 0 radical (unpaired) electrons. The molecule has 9 heteroatoms. The summed E-state index contributed by atoms with van der Waals surface area (Å²) >= 11 is 1.29. The minimum atomic E-state index is -0.592. The second kappa shape index (κ2) is 9.38. The number of hydrogen-bond donors (Lipinski definition) is 4. The van der Waals surface area contributed by atoms with Crippen LogP contribution in [-0.2, 0) is 9.59 Å². The second-order valence-electron chi connectivity index (χ2n) is 5.85. The van der Waals surface area contributed by atoms with E-state index in [-0.39, 0.29) is 12.1 Å². The first-order valence-corrected chi connectivity index (χ1v) is 9.45. The lowest BCUT2D eigenvalue weighted by Gasteiger charge is -2.05. The van der Waals surface area contributed by atoms with Crippen LogP contribution in [-0.4, -0.2) is 34.5 Å². The van der Waals surface area contributed by atoms with Crippen LogP contribution in [0.1, 0.15) is 0 Å². The summed E-state index contributed by atoms with van der Waals surface area (Å²) in [5.74, 6) is -1.02. The molecule has 0 saturated carbocycles. The van der Waals surface area contributed by atoms with E-state index in [9.17, 15) is 9.59 Å². The zero-order valence-corrected chi connectivity index (χ0v) is 16.1. The van der Waals surface area contributed by atoms with Crippen molar-refractivity contribution in [2.45, 2.75) is 0 Å². The van der Waals surface area contributed by atoms with Crippen LogP contribution >= 0.6 is 11.3 Å². The first-order valence-electron chi connectivity index (χ1n) is 8.57. The fraction of sp³-hybridized carbons (Fsp3) is 0.0500. The summed E-state index contributed by atoms with van der Waals surface area (Å²) in [7, 11) is 0. The number of aromatic nitrogens is 2. The number of rotatable bonds is 7. The lowest BCUT2D eigenvalue weighted by atomic mass is 10.0. The van der Waals surface area contributed by atoms with Crippen molar-refractivity contribution in [1.29, 1.82) is 5.41 Å². The predicted molar refractivity (Wildman–Crippen MR) is 113 cm³/mol. The number of thiazole rings is 1. The molecule has 2 aromatic heterocycles.